The van der Waals surface area contributed by atoms with Crippen LogP contribution in [-0.4, -0.2) is 34.8 Å². The van der Waals surface area contributed by atoms with Crippen LogP contribution in [0.25, 0.3) is 0 Å². The van der Waals surface area contributed by atoms with Gasteiger partial charge in [0.1, 0.15) is 11.6 Å². The first-order valence-electron chi connectivity index (χ1n) is 7.34. The van der Waals surface area contributed by atoms with E-state index in [4.69, 9.17) is 0 Å². The van der Waals surface area contributed by atoms with Crippen molar-refractivity contribution in [3.8, 4) is 0 Å². The van der Waals surface area contributed by atoms with Gasteiger partial charge in [0, 0.05) is 6.54 Å². The van der Waals surface area contributed by atoms with Crippen LogP contribution in [-0.2, 0) is 9.59 Å². The van der Waals surface area contributed by atoms with Gasteiger partial charge in [-0.1, -0.05) is 41.5 Å². The number of nitrogens with zero attached hydrogens (tertiary/aromatic N) is 1. The fraction of sp³-hybridized carbons (Fsp3) is 0.867. The van der Waals surface area contributed by atoms with Crippen LogP contribution in [0.4, 0.5) is 0 Å². The summed E-state index contributed by atoms with van der Waals surface area (Å²) in [5, 5.41) is 2.97. The normalized spacial score (nSPS) is 23.5. The average molecular weight is 268 g/mol. The minimum Gasteiger partial charge on any atom is -0.340 e. The number of rotatable bonds is 4. The van der Waals surface area contributed by atoms with Crippen molar-refractivity contribution in [2.75, 3.05) is 6.54 Å². The number of nitrogens with one attached hydrogen (secondary N) is 1. The maximum Gasteiger partial charge on any atom is 0.249 e. The third-order valence-electron chi connectivity index (χ3n) is 3.95. The van der Waals surface area contributed by atoms with E-state index in [-0.39, 0.29) is 23.3 Å². The molecule has 4 heteroatoms. The summed E-state index contributed by atoms with van der Waals surface area (Å²) >= 11 is 0. The second-order valence-electron chi connectivity index (χ2n) is 6.70. The Hall–Kier alpha value is -1.06. The van der Waals surface area contributed by atoms with E-state index in [9.17, 15) is 9.59 Å². The molecule has 1 rings (SSSR count). The van der Waals surface area contributed by atoms with Crippen LogP contribution in [0.2, 0.25) is 0 Å². The van der Waals surface area contributed by atoms with Crippen LogP contribution >= 0.6 is 0 Å². The number of piperazine rings is 1. The predicted octanol–water partition coefficient (Wildman–Crippen LogP) is 2.33. The van der Waals surface area contributed by atoms with Crippen molar-refractivity contribution in [1.29, 1.82) is 0 Å². The summed E-state index contributed by atoms with van der Waals surface area (Å²) in [6.07, 6.45) is 1.95. The van der Waals surface area contributed by atoms with Gasteiger partial charge in [-0.2, -0.15) is 0 Å². The van der Waals surface area contributed by atoms with E-state index in [1.807, 2.05) is 20.8 Å². The topological polar surface area (TPSA) is 49.4 Å². The highest BCUT2D eigenvalue weighted by Gasteiger charge is 2.48. The third-order valence-corrected chi connectivity index (χ3v) is 3.95. The van der Waals surface area contributed by atoms with Gasteiger partial charge in [-0.25, -0.2) is 0 Å². The predicted molar refractivity (Wildman–Crippen MR) is 76.7 cm³/mol. The van der Waals surface area contributed by atoms with Crippen LogP contribution in [0.15, 0.2) is 0 Å². The molecule has 1 atom stereocenters. The third kappa shape index (κ3) is 3.10. The van der Waals surface area contributed by atoms with Crippen molar-refractivity contribution in [2.45, 2.75) is 72.4 Å². The summed E-state index contributed by atoms with van der Waals surface area (Å²) in [5.74, 6) is 0.0777. The van der Waals surface area contributed by atoms with Crippen molar-refractivity contribution in [3.05, 3.63) is 0 Å². The lowest BCUT2D eigenvalue weighted by molar-refractivity contribution is -0.157. The molecule has 1 aliphatic rings. The van der Waals surface area contributed by atoms with Crippen molar-refractivity contribution in [3.63, 3.8) is 0 Å². The first-order chi connectivity index (χ1) is 8.70. The van der Waals surface area contributed by atoms with E-state index in [0.717, 1.165) is 0 Å². The Labute approximate surface area is 116 Å². The number of amides is 2. The van der Waals surface area contributed by atoms with Gasteiger partial charge in [-0.3, -0.25) is 9.59 Å². The summed E-state index contributed by atoms with van der Waals surface area (Å²) in [5.41, 5.74) is -0.706. The van der Waals surface area contributed by atoms with Crippen molar-refractivity contribution < 1.29 is 9.59 Å². The molecule has 110 valence electrons. The number of carbonyl (C=O) groups excluding carboxylic acids is 2. The van der Waals surface area contributed by atoms with Gasteiger partial charge >= 0.3 is 0 Å². The molecule has 0 aromatic heterocycles. The summed E-state index contributed by atoms with van der Waals surface area (Å²) in [7, 11) is 0. The zero-order chi connectivity index (χ0) is 14.8. The number of carbonyl (C=O) groups is 2. The number of hydrogen-bond donors (Lipinski definition) is 1. The fourth-order valence-corrected chi connectivity index (χ4v) is 2.76. The highest BCUT2D eigenvalue weighted by atomic mass is 16.2. The zero-order valence-corrected chi connectivity index (χ0v) is 13.2. The van der Waals surface area contributed by atoms with Crippen molar-refractivity contribution in [2.24, 2.45) is 5.41 Å². The van der Waals surface area contributed by atoms with Gasteiger partial charge in [0.25, 0.3) is 0 Å². The zero-order valence-electron chi connectivity index (χ0n) is 13.2. The molecule has 0 saturated carbocycles. The highest BCUT2D eigenvalue weighted by molar-refractivity contribution is 5.99. The maximum atomic E-state index is 12.8. The van der Waals surface area contributed by atoms with Crippen LogP contribution < -0.4 is 5.32 Å². The molecule has 4 nitrogen and oxygen atoms in total. The summed E-state index contributed by atoms with van der Waals surface area (Å²) < 4.78 is 0. The summed E-state index contributed by atoms with van der Waals surface area (Å²) in [6.45, 7) is 12.8. The molecular weight excluding hydrogens is 240 g/mol. The first-order valence-corrected chi connectivity index (χ1v) is 7.34. The minimum absolute atomic E-state index is 0.00458. The SMILES string of the molecule is CCC1C(=O)NC(CC)(CC)C(=O)N1CC(C)(C)C. The average Bonchev–Trinajstić information content (AvgIpc) is 2.32. The Bertz CT molecular complexity index is 354. The second-order valence-corrected chi connectivity index (χ2v) is 6.70. The van der Waals surface area contributed by atoms with Crippen LogP contribution in [0.3, 0.4) is 0 Å². The first kappa shape index (κ1) is 16.0. The molecule has 0 bridgehead atoms. The van der Waals surface area contributed by atoms with Crippen LogP contribution in [0.1, 0.15) is 60.8 Å². The fourth-order valence-electron chi connectivity index (χ4n) is 2.76. The molecule has 1 saturated heterocycles. The lowest BCUT2D eigenvalue weighted by atomic mass is 9.84. The molecule has 0 radical (unpaired) electrons. The number of hydrogen-bond acceptors (Lipinski definition) is 2. The van der Waals surface area contributed by atoms with Gasteiger partial charge in [0.2, 0.25) is 11.8 Å². The molecule has 1 unspecified atom stereocenters. The van der Waals surface area contributed by atoms with Crippen LogP contribution in [0, 0.1) is 5.41 Å². The van der Waals surface area contributed by atoms with Gasteiger partial charge in [0.15, 0.2) is 0 Å². The minimum atomic E-state index is -0.700. The molecule has 1 fully saturated rings. The van der Waals surface area contributed by atoms with Crippen molar-refractivity contribution in [1.82, 2.24) is 10.2 Å². The quantitative estimate of drug-likeness (QED) is 0.850. The molecule has 19 heavy (non-hydrogen) atoms. The molecule has 1 aliphatic heterocycles. The summed E-state index contributed by atoms with van der Waals surface area (Å²) in [4.78, 5) is 26.9. The van der Waals surface area contributed by atoms with Gasteiger partial charge in [-0.05, 0) is 24.7 Å². The van der Waals surface area contributed by atoms with E-state index in [0.29, 0.717) is 25.8 Å². The maximum absolute atomic E-state index is 12.8. The Morgan fingerprint density at radius 1 is 1.16 bits per heavy atom. The molecule has 1 heterocycles. The van der Waals surface area contributed by atoms with E-state index < -0.39 is 5.54 Å². The van der Waals surface area contributed by atoms with E-state index in [1.54, 1.807) is 4.90 Å². The van der Waals surface area contributed by atoms with E-state index in [1.165, 1.54) is 0 Å². The molecule has 1 N–H and O–H groups in total. The van der Waals surface area contributed by atoms with E-state index in [2.05, 4.69) is 26.1 Å². The van der Waals surface area contributed by atoms with Gasteiger partial charge in [0.05, 0.1) is 0 Å². The Balaban J connectivity index is 3.13. The lowest BCUT2D eigenvalue weighted by Crippen LogP contribution is -2.70. The Morgan fingerprint density at radius 2 is 1.68 bits per heavy atom. The standard InChI is InChI=1S/C15H28N2O2/c1-7-11-12(18)16-15(8-2,9-3)13(19)17(11)10-14(4,5)6/h11H,7-10H2,1-6H3,(H,16,18). The molecule has 2 amide bonds. The molecule has 0 aromatic carbocycles. The van der Waals surface area contributed by atoms with Gasteiger partial charge < -0.3 is 10.2 Å². The summed E-state index contributed by atoms with van der Waals surface area (Å²) in [6, 6.07) is -0.321. The Morgan fingerprint density at radius 3 is 2.05 bits per heavy atom. The van der Waals surface area contributed by atoms with Crippen molar-refractivity contribution >= 4 is 11.8 Å². The largest absolute Gasteiger partial charge is 0.340 e. The highest BCUT2D eigenvalue weighted by Crippen LogP contribution is 2.29. The molecule has 0 spiro atoms. The smallest absolute Gasteiger partial charge is 0.249 e. The van der Waals surface area contributed by atoms with Gasteiger partial charge in [-0.15, -0.1) is 0 Å². The molecular formula is C15H28N2O2. The monoisotopic (exact) mass is 268 g/mol. The lowest BCUT2D eigenvalue weighted by Gasteiger charge is -2.47. The van der Waals surface area contributed by atoms with Crippen LogP contribution in [0.5, 0.6) is 0 Å². The molecule has 0 aromatic rings. The van der Waals surface area contributed by atoms with E-state index >= 15 is 0 Å². The molecule has 0 aliphatic carbocycles. The Kier molecular flexibility index (Phi) is 4.64. The second kappa shape index (κ2) is 5.51.